The average molecular weight is 169 g/mol. The number of aromatic nitrogens is 2. The van der Waals surface area contributed by atoms with E-state index in [4.69, 9.17) is 5.73 Å². The molecule has 0 aromatic carbocycles. The van der Waals surface area contributed by atoms with Gasteiger partial charge < -0.3 is 15.8 Å². The molecule has 1 heterocycles. The van der Waals surface area contributed by atoms with Crippen molar-refractivity contribution in [3.8, 4) is 0 Å². The van der Waals surface area contributed by atoms with Crippen molar-refractivity contribution in [2.45, 2.75) is 26.4 Å². The monoisotopic (exact) mass is 169 g/mol. The summed E-state index contributed by atoms with van der Waals surface area (Å²) in [6.07, 6.45) is 0.212. The maximum absolute atomic E-state index is 9.34. The van der Waals surface area contributed by atoms with Gasteiger partial charge in [-0.3, -0.25) is 0 Å². The number of nitrogens with one attached hydrogen (secondary N) is 1. The summed E-state index contributed by atoms with van der Waals surface area (Å²) in [6.45, 7) is 4.18. The van der Waals surface area contributed by atoms with Crippen molar-refractivity contribution in [2.75, 3.05) is 6.54 Å². The van der Waals surface area contributed by atoms with Crippen LogP contribution in [0.2, 0.25) is 0 Å². The maximum atomic E-state index is 9.34. The van der Waals surface area contributed by atoms with E-state index in [1.807, 2.05) is 13.8 Å². The molecule has 0 fully saturated rings. The van der Waals surface area contributed by atoms with Gasteiger partial charge in [0.1, 0.15) is 11.9 Å². The molecule has 1 atom stereocenters. The molecule has 0 aliphatic carbocycles. The summed E-state index contributed by atoms with van der Waals surface area (Å²) in [6, 6.07) is 0. The second kappa shape index (κ2) is 3.69. The Hall–Kier alpha value is -0.870. The Morgan fingerprint density at radius 3 is 2.75 bits per heavy atom. The highest BCUT2D eigenvalue weighted by Gasteiger charge is 2.11. The summed E-state index contributed by atoms with van der Waals surface area (Å²) < 4.78 is 0. The Balaban J connectivity index is 2.88. The van der Waals surface area contributed by atoms with Crippen LogP contribution in [0.3, 0.4) is 0 Å². The zero-order valence-electron chi connectivity index (χ0n) is 7.46. The van der Waals surface area contributed by atoms with E-state index in [-0.39, 0.29) is 6.54 Å². The third-order valence-electron chi connectivity index (χ3n) is 1.88. The van der Waals surface area contributed by atoms with Gasteiger partial charge >= 0.3 is 0 Å². The number of aliphatic hydroxyl groups excluding tert-OH is 1. The molecule has 4 heteroatoms. The van der Waals surface area contributed by atoms with Crippen molar-refractivity contribution in [3.05, 3.63) is 17.2 Å². The van der Waals surface area contributed by atoms with Gasteiger partial charge in [-0.25, -0.2) is 4.98 Å². The van der Waals surface area contributed by atoms with E-state index < -0.39 is 6.10 Å². The molecule has 1 aromatic rings. The standard InChI is InChI=1S/C8H15N3O/c1-3-6-5(2)10-8(11-6)7(12)4-9/h7,12H,3-4,9H2,1-2H3,(H,10,11). The fourth-order valence-corrected chi connectivity index (χ4v) is 1.14. The minimum absolute atomic E-state index is 0.204. The molecule has 1 aromatic heterocycles. The molecule has 0 aliphatic rings. The Morgan fingerprint density at radius 1 is 1.67 bits per heavy atom. The zero-order chi connectivity index (χ0) is 9.14. The minimum Gasteiger partial charge on any atom is -0.384 e. The number of hydrogen-bond donors (Lipinski definition) is 3. The predicted molar refractivity (Wildman–Crippen MR) is 46.7 cm³/mol. The second-order valence-electron chi connectivity index (χ2n) is 2.80. The predicted octanol–water partition coefficient (Wildman–Crippen LogP) is 0.273. The summed E-state index contributed by atoms with van der Waals surface area (Å²) in [5, 5.41) is 9.34. The van der Waals surface area contributed by atoms with Crippen molar-refractivity contribution >= 4 is 0 Å². The van der Waals surface area contributed by atoms with Crippen LogP contribution in [-0.2, 0) is 6.42 Å². The first-order valence-corrected chi connectivity index (χ1v) is 4.12. The van der Waals surface area contributed by atoms with Crippen LogP contribution in [0.25, 0.3) is 0 Å². The minimum atomic E-state index is -0.663. The molecule has 0 radical (unpaired) electrons. The van der Waals surface area contributed by atoms with Gasteiger partial charge in [0.25, 0.3) is 0 Å². The van der Waals surface area contributed by atoms with E-state index in [2.05, 4.69) is 9.97 Å². The molecule has 0 amide bonds. The number of rotatable bonds is 3. The fraction of sp³-hybridized carbons (Fsp3) is 0.625. The van der Waals surface area contributed by atoms with E-state index in [9.17, 15) is 5.11 Å². The molecular weight excluding hydrogens is 154 g/mol. The lowest BCUT2D eigenvalue weighted by molar-refractivity contribution is 0.177. The summed E-state index contributed by atoms with van der Waals surface area (Å²) in [4.78, 5) is 7.22. The van der Waals surface area contributed by atoms with Crippen molar-refractivity contribution in [1.29, 1.82) is 0 Å². The van der Waals surface area contributed by atoms with Crippen molar-refractivity contribution < 1.29 is 5.11 Å². The Morgan fingerprint density at radius 2 is 2.33 bits per heavy atom. The first kappa shape index (κ1) is 9.22. The van der Waals surface area contributed by atoms with E-state index in [0.717, 1.165) is 17.8 Å². The molecule has 0 saturated carbocycles. The van der Waals surface area contributed by atoms with Crippen LogP contribution >= 0.6 is 0 Å². The van der Waals surface area contributed by atoms with E-state index in [1.54, 1.807) is 0 Å². The van der Waals surface area contributed by atoms with E-state index in [0.29, 0.717) is 5.82 Å². The lowest BCUT2D eigenvalue weighted by Gasteiger charge is -2.01. The Bertz CT molecular complexity index is 257. The molecule has 0 aliphatic heterocycles. The molecule has 0 bridgehead atoms. The Kier molecular flexibility index (Phi) is 2.83. The lowest BCUT2D eigenvalue weighted by atomic mass is 10.3. The maximum Gasteiger partial charge on any atom is 0.136 e. The lowest BCUT2D eigenvalue weighted by Crippen LogP contribution is -2.12. The van der Waals surface area contributed by atoms with Gasteiger partial charge in [-0.05, 0) is 13.3 Å². The number of aliphatic hydroxyl groups is 1. The summed E-state index contributed by atoms with van der Waals surface area (Å²) in [7, 11) is 0. The third-order valence-corrected chi connectivity index (χ3v) is 1.88. The Labute approximate surface area is 71.8 Å². The van der Waals surface area contributed by atoms with E-state index in [1.165, 1.54) is 0 Å². The number of aromatic amines is 1. The normalized spacial score (nSPS) is 13.3. The second-order valence-corrected chi connectivity index (χ2v) is 2.80. The number of imidazole rings is 1. The van der Waals surface area contributed by atoms with Crippen LogP contribution in [0.1, 0.15) is 30.2 Å². The largest absolute Gasteiger partial charge is 0.384 e. The van der Waals surface area contributed by atoms with Gasteiger partial charge in [-0.15, -0.1) is 0 Å². The highest BCUT2D eigenvalue weighted by molar-refractivity contribution is 5.14. The van der Waals surface area contributed by atoms with Gasteiger partial charge in [0.2, 0.25) is 0 Å². The van der Waals surface area contributed by atoms with Crippen molar-refractivity contribution in [3.63, 3.8) is 0 Å². The SMILES string of the molecule is CCc1nc(C(O)CN)[nH]c1C. The van der Waals surface area contributed by atoms with Crippen LogP contribution in [0.5, 0.6) is 0 Å². The van der Waals surface area contributed by atoms with Crippen LogP contribution in [0.15, 0.2) is 0 Å². The number of aryl methyl sites for hydroxylation is 2. The molecule has 4 N–H and O–H groups in total. The summed E-state index contributed by atoms with van der Waals surface area (Å²) in [5.41, 5.74) is 7.31. The van der Waals surface area contributed by atoms with Crippen LogP contribution in [-0.4, -0.2) is 21.6 Å². The molecule has 68 valence electrons. The molecular formula is C8H15N3O. The van der Waals surface area contributed by atoms with Crippen LogP contribution in [0.4, 0.5) is 0 Å². The van der Waals surface area contributed by atoms with Crippen LogP contribution < -0.4 is 5.73 Å². The average Bonchev–Trinajstić information content (AvgIpc) is 2.45. The zero-order valence-corrected chi connectivity index (χ0v) is 7.46. The number of hydrogen-bond acceptors (Lipinski definition) is 3. The molecule has 0 saturated heterocycles. The smallest absolute Gasteiger partial charge is 0.136 e. The molecule has 12 heavy (non-hydrogen) atoms. The molecule has 0 spiro atoms. The first-order valence-electron chi connectivity index (χ1n) is 4.12. The first-order chi connectivity index (χ1) is 5.69. The number of nitrogens with two attached hydrogens (primary N) is 1. The third kappa shape index (κ3) is 1.65. The fourth-order valence-electron chi connectivity index (χ4n) is 1.14. The van der Waals surface area contributed by atoms with Crippen molar-refractivity contribution in [2.24, 2.45) is 5.73 Å². The van der Waals surface area contributed by atoms with Gasteiger partial charge in [0.05, 0.1) is 5.69 Å². The number of H-pyrrole nitrogens is 1. The van der Waals surface area contributed by atoms with Crippen LogP contribution in [0, 0.1) is 6.92 Å². The molecule has 1 unspecified atom stereocenters. The quantitative estimate of drug-likeness (QED) is 0.608. The van der Waals surface area contributed by atoms with Crippen molar-refractivity contribution in [1.82, 2.24) is 9.97 Å². The topological polar surface area (TPSA) is 74.9 Å². The van der Waals surface area contributed by atoms with Gasteiger partial charge in [-0.1, -0.05) is 6.92 Å². The molecule has 4 nitrogen and oxygen atoms in total. The summed E-state index contributed by atoms with van der Waals surface area (Å²) >= 11 is 0. The number of nitrogens with zero attached hydrogens (tertiary/aromatic N) is 1. The van der Waals surface area contributed by atoms with Gasteiger partial charge in [0.15, 0.2) is 0 Å². The highest BCUT2D eigenvalue weighted by atomic mass is 16.3. The van der Waals surface area contributed by atoms with Gasteiger partial charge in [0, 0.05) is 12.2 Å². The van der Waals surface area contributed by atoms with Gasteiger partial charge in [-0.2, -0.15) is 0 Å². The molecule has 1 rings (SSSR count). The summed E-state index contributed by atoms with van der Waals surface area (Å²) in [5.74, 6) is 0.576. The highest BCUT2D eigenvalue weighted by Crippen LogP contribution is 2.11. The van der Waals surface area contributed by atoms with E-state index >= 15 is 0 Å².